The van der Waals surface area contributed by atoms with Gasteiger partial charge < -0.3 is 5.32 Å². The van der Waals surface area contributed by atoms with Gasteiger partial charge in [-0.3, -0.25) is 14.2 Å². The molecule has 1 amide bonds. The topological polar surface area (TPSA) is 101 Å². The van der Waals surface area contributed by atoms with E-state index in [1.54, 1.807) is 34.6 Å². The Morgan fingerprint density at radius 2 is 1.88 bits per heavy atom. The average Bonchev–Trinajstić information content (AvgIpc) is 2.79. The Morgan fingerprint density at radius 1 is 1.12 bits per heavy atom. The van der Waals surface area contributed by atoms with Crippen molar-refractivity contribution >= 4 is 32.5 Å². The van der Waals surface area contributed by atoms with E-state index in [2.05, 4.69) is 10.3 Å². The number of fused-ring (bicyclic) bond motifs is 1. The number of amides is 1. The Morgan fingerprint density at radius 3 is 2.62 bits per heavy atom. The normalized spacial score (nSPS) is 17.3. The molecule has 1 fully saturated rings. The predicted octanol–water partition coefficient (Wildman–Crippen LogP) is 2.99. The number of para-hydroxylation sites is 1. The zero-order chi connectivity index (χ0) is 22.7. The smallest absolute Gasteiger partial charge is 0.261 e. The molecule has 4 rings (SSSR count). The molecule has 1 atom stereocenters. The van der Waals surface area contributed by atoms with Gasteiger partial charge in [0.15, 0.2) is 0 Å². The molecule has 0 saturated carbocycles. The number of piperidine rings is 1. The fourth-order valence-electron chi connectivity index (χ4n) is 3.99. The van der Waals surface area contributed by atoms with Gasteiger partial charge in [-0.15, -0.1) is 0 Å². The van der Waals surface area contributed by atoms with Crippen LogP contribution in [0.1, 0.15) is 32.6 Å². The summed E-state index contributed by atoms with van der Waals surface area (Å²) < 4.78 is 28.8. The Bertz CT molecular complexity index is 1290. The molecule has 0 radical (unpaired) electrons. The first-order valence-corrected chi connectivity index (χ1v) is 12.2. The predicted molar refractivity (Wildman–Crippen MR) is 123 cm³/mol. The third kappa shape index (κ3) is 4.58. The molecule has 1 aliphatic rings. The molecule has 3 aromatic rings. The second kappa shape index (κ2) is 9.22. The maximum Gasteiger partial charge on any atom is 0.261 e. The molecule has 2 aromatic carbocycles. The number of carbonyl (C=O) groups excluding carboxylic acids is 1. The largest absolute Gasteiger partial charge is 0.326 e. The molecule has 0 bridgehead atoms. The number of hydrogen-bond acceptors (Lipinski definition) is 5. The number of carbonyl (C=O) groups is 1. The van der Waals surface area contributed by atoms with Gasteiger partial charge in [-0.2, -0.15) is 4.31 Å². The van der Waals surface area contributed by atoms with Gasteiger partial charge in [0, 0.05) is 31.2 Å². The van der Waals surface area contributed by atoms with Gasteiger partial charge in [0.25, 0.3) is 5.56 Å². The summed E-state index contributed by atoms with van der Waals surface area (Å²) >= 11 is 0. The molecule has 1 saturated heterocycles. The molecule has 168 valence electrons. The number of nitrogens with zero attached hydrogens (tertiary/aromatic N) is 3. The molecule has 0 aliphatic carbocycles. The Labute approximate surface area is 186 Å². The summed E-state index contributed by atoms with van der Waals surface area (Å²) in [7, 11) is -3.55. The van der Waals surface area contributed by atoms with Gasteiger partial charge in [-0.05, 0) is 56.2 Å². The van der Waals surface area contributed by atoms with Gasteiger partial charge in [0.2, 0.25) is 15.9 Å². The number of anilines is 1. The lowest BCUT2D eigenvalue weighted by Crippen LogP contribution is -2.41. The quantitative estimate of drug-likeness (QED) is 0.617. The van der Waals surface area contributed by atoms with Gasteiger partial charge >= 0.3 is 0 Å². The highest BCUT2D eigenvalue weighted by molar-refractivity contribution is 7.89. The standard InChI is InChI=1S/C23H26N4O4S/c1-17-6-4-5-14-27(17)32(30,31)19-11-9-18(10-12-19)25-22(28)13-15-26-16-24-21-8-3-2-7-20(21)23(26)29/h2-3,7-12,16-17H,4-6,13-15H2,1H3,(H,25,28). The SMILES string of the molecule is CC1CCCCN1S(=O)(=O)c1ccc(NC(=O)CCn2cnc3ccccc3c2=O)cc1. The summed E-state index contributed by atoms with van der Waals surface area (Å²) in [5.74, 6) is -0.273. The number of nitrogens with one attached hydrogen (secondary N) is 1. The van der Waals surface area contributed by atoms with E-state index < -0.39 is 10.0 Å². The molecule has 9 heteroatoms. The van der Waals surface area contributed by atoms with E-state index in [4.69, 9.17) is 0 Å². The zero-order valence-corrected chi connectivity index (χ0v) is 18.7. The van der Waals surface area contributed by atoms with E-state index in [0.29, 0.717) is 23.1 Å². The van der Waals surface area contributed by atoms with Gasteiger partial charge in [-0.25, -0.2) is 13.4 Å². The van der Waals surface area contributed by atoms with Crippen LogP contribution in [0.3, 0.4) is 0 Å². The third-order valence-electron chi connectivity index (χ3n) is 5.80. The molecule has 32 heavy (non-hydrogen) atoms. The number of aromatic nitrogens is 2. The van der Waals surface area contributed by atoms with Crippen molar-refractivity contribution in [2.24, 2.45) is 0 Å². The Kier molecular flexibility index (Phi) is 6.38. The fourth-order valence-corrected chi connectivity index (χ4v) is 5.68. The van der Waals surface area contributed by atoms with Crippen molar-refractivity contribution in [2.45, 2.75) is 50.1 Å². The second-order valence-electron chi connectivity index (χ2n) is 8.04. The van der Waals surface area contributed by atoms with Crippen molar-refractivity contribution in [1.29, 1.82) is 0 Å². The lowest BCUT2D eigenvalue weighted by molar-refractivity contribution is -0.116. The molecule has 2 heterocycles. The number of hydrogen-bond donors (Lipinski definition) is 1. The summed E-state index contributed by atoms with van der Waals surface area (Å²) in [5.41, 5.74) is 0.932. The molecule has 0 spiro atoms. The zero-order valence-electron chi connectivity index (χ0n) is 17.9. The van der Waals surface area contributed by atoms with Gasteiger partial charge in [0.1, 0.15) is 0 Å². The first kappa shape index (κ1) is 22.2. The average molecular weight is 455 g/mol. The maximum absolute atomic E-state index is 12.9. The van der Waals surface area contributed by atoms with Crippen LogP contribution >= 0.6 is 0 Å². The number of aryl methyl sites for hydroxylation is 1. The highest BCUT2D eigenvalue weighted by Crippen LogP contribution is 2.25. The highest BCUT2D eigenvalue weighted by Gasteiger charge is 2.30. The van der Waals surface area contributed by atoms with Crippen LogP contribution in [-0.4, -0.2) is 40.8 Å². The van der Waals surface area contributed by atoms with Crippen LogP contribution in [0, 0.1) is 0 Å². The van der Waals surface area contributed by atoms with Crippen LogP contribution < -0.4 is 10.9 Å². The summed E-state index contributed by atoms with van der Waals surface area (Å²) in [6.07, 6.45) is 4.31. The minimum Gasteiger partial charge on any atom is -0.326 e. The minimum atomic E-state index is -3.55. The van der Waals surface area contributed by atoms with Crippen LogP contribution in [0.4, 0.5) is 5.69 Å². The number of sulfonamides is 1. The van der Waals surface area contributed by atoms with Gasteiger partial charge in [-0.1, -0.05) is 18.6 Å². The van der Waals surface area contributed by atoms with Crippen LogP contribution in [0.2, 0.25) is 0 Å². The molecule has 1 unspecified atom stereocenters. The third-order valence-corrected chi connectivity index (χ3v) is 7.83. The Balaban J connectivity index is 1.39. The second-order valence-corrected chi connectivity index (χ2v) is 9.93. The van der Waals surface area contributed by atoms with Crippen LogP contribution in [0.5, 0.6) is 0 Å². The Hall–Kier alpha value is -3.04. The van der Waals surface area contributed by atoms with E-state index in [-0.39, 0.29) is 35.4 Å². The van der Waals surface area contributed by atoms with E-state index >= 15 is 0 Å². The highest BCUT2D eigenvalue weighted by atomic mass is 32.2. The molecular formula is C23H26N4O4S. The minimum absolute atomic E-state index is 0.0128. The van der Waals surface area contributed by atoms with Crippen molar-refractivity contribution in [3.63, 3.8) is 0 Å². The van der Waals surface area contributed by atoms with Crippen LogP contribution in [0.25, 0.3) is 10.9 Å². The molecular weight excluding hydrogens is 428 g/mol. The maximum atomic E-state index is 12.9. The van der Waals surface area contributed by atoms with Crippen molar-refractivity contribution in [1.82, 2.24) is 13.9 Å². The number of rotatable bonds is 6. The van der Waals surface area contributed by atoms with Crippen molar-refractivity contribution < 1.29 is 13.2 Å². The van der Waals surface area contributed by atoms with E-state index in [1.165, 1.54) is 23.0 Å². The molecule has 1 aromatic heterocycles. The fraction of sp³-hybridized carbons (Fsp3) is 0.348. The molecule has 1 aliphatic heterocycles. The number of benzene rings is 2. The van der Waals surface area contributed by atoms with Crippen molar-refractivity contribution in [3.05, 3.63) is 65.2 Å². The summed E-state index contributed by atoms with van der Waals surface area (Å²) in [4.78, 5) is 29.3. The van der Waals surface area contributed by atoms with E-state index in [1.807, 2.05) is 13.0 Å². The van der Waals surface area contributed by atoms with E-state index in [0.717, 1.165) is 19.3 Å². The van der Waals surface area contributed by atoms with Crippen LogP contribution in [-0.2, 0) is 21.4 Å². The molecule has 1 N–H and O–H groups in total. The first-order valence-electron chi connectivity index (χ1n) is 10.7. The van der Waals surface area contributed by atoms with E-state index in [9.17, 15) is 18.0 Å². The summed E-state index contributed by atoms with van der Waals surface area (Å²) in [5, 5.41) is 3.26. The lowest BCUT2D eigenvalue weighted by Gasteiger charge is -2.32. The lowest BCUT2D eigenvalue weighted by atomic mass is 10.1. The monoisotopic (exact) mass is 454 g/mol. The first-order chi connectivity index (χ1) is 15.4. The van der Waals surface area contributed by atoms with Crippen LogP contribution in [0.15, 0.2) is 64.5 Å². The van der Waals surface area contributed by atoms with Gasteiger partial charge in [0.05, 0.1) is 22.1 Å². The summed E-state index contributed by atoms with van der Waals surface area (Å²) in [6.45, 7) is 2.66. The summed E-state index contributed by atoms with van der Waals surface area (Å²) in [6, 6.07) is 13.3. The van der Waals surface area contributed by atoms with Crippen molar-refractivity contribution in [2.75, 3.05) is 11.9 Å². The molecule has 8 nitrogen and oxygen atoms in total. The van der Waals surface area contributed by atoms with Crippen molar-refractivity contribution in [3.8, 4) is 0 Å².